The van der Waals surface area contributed by atoms with Crippen LogP contribution in [0.4, 0.5) is 0 Å². The van der Waals surface area contributed by atoms with Crippen molar-refractivity contribution in [1.29, 1.82) is 0 Å². The van der Waals surface area contributed by atoms with E-state index in [1.54, 1.807) is 24.3 Å². The molecule has 0 aliphatic carbocycles. The first kappa shape index (κ1) is 13.1. The second kappa shape index (κ2) is 5.63. The van der Waals surface area contributed by atoms with E-state index in [4.69, 9.17) is 0 Å². The maximum absolute atomic E-state index is 12.0. The fourth-order valence-corrected chi connectivity index (χ4v) is 2.24. The van der Waals surface area contributed by atoms with Crippen LogP contribution in [0.3, 0.4) is 0 Å². The van der Waals surface area contributed by atoms with Gasteiger partial charge in [0.25, 0.3) is 0 Å². The van der Waals surface area contributed by atoms with E-state index < -0.39 is 0 Å². The number of benzene rings is 3. The van der Waals surface area contributed by atoms with Crippen molar-refractivity contribution < 1.29 is 9.90 Å². The molecule has 3 aromatic carbocycles. The molecule has 0 bridgehead atoms. The van der Waals surface area contributed by atoms with Crippen LogP contribution in [0.5, 0.6) is 5.75 Å². The average Bonchev–Trinajstić information content (AvgIpc) is 2.52. The van der Waals surface area contributed by atoms with Gasteiger partial charge in [-0.1, -0.05) is 54.6 Å². The summed E-state index contributed by atoms with van der Waals surface area (Å²) < 4.78 is 0. The van der Waals surface area contributed by atoms with E-state index in [0.717, 1.165) is 10.9 Å². The fraction of sp³-hybridized carbons (Fsp3) is 0. The van der Waals surface area contributed by atoms with Gasteiger partial charge in [0, 0.05) is 5.56 Å². The quantitative estimate of drug-likeness (QED) is 0.566. The maximum Gasteiger partial charge on any atom is 0.185 e. The van der Waals surface area contributed by atoms with E-state index in [0.29, 0.717) is 5.56 Å². The van der Waals surface area contributed by atoms with Crippen LogP contribution < -0.4 is 0 Å². The minimum atomic E-state index is -0.126. The zero-order valence-corrected chi connectivity index (χ0v) is 11.4. The van der Waals surface area contributed by atoms with Gasteiger partial charge < -0.3 is 5.11 Å². The smallest absolute Gasteiger partial charge is 0.185 e. The van der Waals surface area contributed by atoms with E-state index in [9.17, 15) is 9.90 Å². The van der Waals surface area contributed by atoms with Gasteiger partial charge in [-0.2, -0.15) is 0 Å². The Labute approximate surface area is 123 Å². The molecular formula is C19H14O2. The van der Waals surface area contributed by atoms with Gasteiger partial charge in [-0.3, -0.25) is 4.79 Å². The molecule has 0 unspecified atom stereocenters. The summed E-state index contributed by atoms with van der Waals surface area (Å²) in [5.74, 6) is -0.0287. The largest absolute Gasteiger partial charge is 0.508 e. The lowest BCUT2D eigenvalue weighted by Crippen LogP contribution is -1.93. The molecule has 0 aromatic heterocycles. The Kier molecular flexibility index (Phi) is 3.52. The Morgan fingerprint density at radius 2 is 1.67 bits per heavy atom. The van der Waals surface area contributed by atoms with Crippen molar-refractivity contribution in [2.75, 3.05) is 0 Å². The van der Waals surface area contributed by atoms with Crippen LogP contribution in [0, 0.1) is 0 Å². The zero-order valence-electron chi connectivity index (χ0n) is 11.4. The highest BCUT2D eigenvalue weighted by molar-refractivity contribution is 6.07. The van der Waals surface area contributed by atoms with Crippen LogP contribution in [-0.4, -0.2) is 10.9 Å². The van der Waals surface area contributed by atoms with E-state index in [-0.39, 0.29) is 11.5 Å². The highest BCUT2D eigenvalue weighted by atomic mass is 16.3. The van der Waals surface area contributed by atoms with E-state index in [1.807, 2.05) is 36.4 Å². The van der Waals surface area contributed by atoms with E-state index in [2.05, 4.69) is 6.07 Å². The SMILES string of the molecule is O=C(/C=C/c1ccc2ccccc2c1)c1cccc(O)c1. The minimum absolute atomic E-state index is 0.0972. The van der Waals surface area contributed by atoms with Crippen LogP contribution in [0.1, 0.15) is 15.9 Å². The van der Waals surface area contributed by atoms with Crippen molar-refractivity contribution in [2.45, 2.75) is 0 Å². The van der Waals surface area contributed by atoms with Crippen LogP contribution in [0.15, 0.2) is 72.8 Å². The summed E-state index contributed by atoms with van der Waals surface area (Å²) in [5, 5.41) is 11.7. The molecule has 1 N–H and O–H groups in total. The molecule has 3 aromatic rings. The molecule has 2 heteroatoms. The first-order chi connectivity index (χ1) is 10.2. The molecule has 0 radical (unpaired) electrons. The molecule has 21 heavy (non-hydrogen) atoms. The Balaban J connectivity index is 1.85. The van der Waals surface area contributed by atoms with Crippen molar-refractivity contribution in [3.63, 3.8) is 0 Å². The predicted octanol–water partition coefficient (Wildman–Crippen LogP) is 4.44. The first-order valence-corrected chi connectivity index (χ1v) is 6.73. The number of aromatic hydroxyl groups is 1. The molecule has 0 fully saturated rings. The average molecular weight is 274 g/mol. The van der Waals surface area contributed by atoms with Gasteiger partial charge in [0.05, 0.1) is 0 Å². The number of carbonyl (C=O) groups is 1. The van der Waals surface area contributed by atoms with Gasteiger partial charge in [0.15, 0.2) is 5.78 Å². The van der Waals surface area contributed by atoms with Crippen molar-refractivity contribution in [3.8, 4) is 5.75 Å². The molecule has 0 saturated carbocycles. The van der Waals surface area contributed by atoms with Gasteiger partial charge >= 0.3 is 0 Å². The molecule has 0 heterocycles. The number of hydrogen-bond donors (Lipinski definition) is 1. The molecule has 0 aliphatic rings. The molecule has 0 spiro atoms. The van der Waals surface area contributed by atoms with Crippen molar-refractivity contribution in [3.05, 3.63) is 83.9 Å². The normalized spacial score (nSPS) is 11.0. The third-order valence-corrected chi connectivity index (χ3v) is 3.33. The summed E-state index contributed by atoms with van der Waals surface area (Å²) in [5.41, 5.74) is 1.45. The zero-order chi connectivity index (χ0) is 14.7. The number of carbonyl (C=O) groups excluding carboxylic acids is 1. The second-order valence-corrected chi connectivity index (χ2v) is 4.85. The highest BCUT2D eigenvalue weighted by Crippen LogP contribution is 2.17. The summed E-state index contributed by atoms with van der Waals surface area (Å²) in [7, 11) is 0. The van der Waals surface area contributed by atoms with Crippen molar-refractivity contribution in [1.82, 2.24) is 0 Å². The fourth-order valence-electron chi connectivity index (χ4n) is 2.24. The van der Waals surface area contributed by atoms with E-state index in [1.165, 1.54) is 17.5 Å². The summed E-state index contributed by atoms with van der Waals surface area (Å²) in [6.45, 7) is 0. The van der Waals surface area contributed by atoms with Gasteiger partial charge in [0.2, 0.25) is 0 Å². The highest BCUT2D eigenvalue weighted by Gasteiger charge is 2.02. The number of hydrogen-bond acceptors (Lipinski definition) is 2. The number of fused-ring (bicyclic) bond motifs is 1. The molecule has 2 nitrogen and oxygen atoms in total. The monoisotopic (exact) mass is 274 g/mol. The lowest BCUT2D eigenvalue weighted by molar-refractivity contribution is 0.104. The number of allylic oxidation sites excluding steroid dienone is 1. The summed E-state index contributed by atoms with van der Waals surface area (Å²) in [6.07, 6.45) is 3.32. The third kappa shape index (κ3) is 3.00. The number of ketones is 1. The van der Waals surface area contributed by atoms with Gasteiger partial charge in [-0.15, -0.1) is 0 Å². The van der Waals surface area contributed by atoms with Crippen LogP contribution in [0.25, 0.3) is 16.8 Å². The van der Waals surface area contributed by atoms with Crippen LogP contribution in [-0.2, 0) is 0 Å². The molecule has 0 amide bonds. The summed E-state index contributed by atoms with van der Waals surface area (Å²) >= 11 is 0. The molecule has 0 saturated heterocycles. The van der Waals surface area contributed by atoms with Gasteiger partial charge in [0.1, 0.15) is 5.75 Å². The topological polar surface area (TPSA) is 37.3 Å². The lowest BCUT2D eigenvalue weighted by Gasteiger charge is -1.99. The Bertz CT molecular complexity index is 832. The van der Waals surface area contributed by atoms with Crippen LogP contribution in [0.2, 0.25) is 0 Å². The number of phenols is 1. The first-order valence-electron chi connectivity index (χ1n) is 6.73. The summed E-state index contributed by atoms with van der Waals surface area (Å²) in [4.78, 5) is 12.0. The lowest BCUT2D eigenvalue weighted by atomic mass is 10.1. The third-order valence-electron chi connectivity index (χ3n) is 3.33. The van der Waals surface area contributed by atoms with Crippen molar-refractivity contribution >= 4 is 22.6 Å². The van der Waals surface area contributed by atoms with Crippen molar-refractivity contribution in [2.24, 2.45) is 0 Å². The molecule has 3 rings (SSSR count). The standard InChI is InChI=1S/C19H14O2/c20-18-7-3-6-17(13-18)19(21)11-9-14-8-10-15-4-1-2-5-16(15)12-14/h1-13,20H/b11-9+. The Hall–Kier alpha value is -2.87. The molecule has 0 atom stereocenters. The second-order valence-electron chi connectivity index (χ2n) is 4.85. The van der Waals surface area contributed by atoms with E-state index >= 15 is 0 Å². The Morgan fingerprint density at radius 1 is 0.857 bits per heavy atom. The molecule has 0 aliphatic heterocycles. The maximum atomic E-state index is 12.0. The summed E-state index contributed by atoms with van der Waals surface area (Å²) in [6, 6.07) is 20.5. The molecular weight excluding hydrogens is 260 g/mol. The predicted molar refractivity (Wildman–Crippen MR) is 85.4 cm³/mol. The number of rotatable bonds is 3. The molecule has 102 valence electrons. The van der Waals surface area contributed by atoms with Gasteiger partial charge in [-0.25, -0.2) is 0 Å². The number of phenolic OH excluding ortho intramolecular Hbond substituents is 1. The Morgan fingerprint density at radius 3 is 2.48 bits per heavy atom. The minimum Gasteiger partial charge on any atom is -0.508 e. The van der Waals surface area contributed by atoms with Crippen LogP contribution >= 0.6 is 0 Å². The van der Waals surface area contributed by atoms with Gasteiger partial charge in [-0.05, 0) is 40.6 Å².